The summed E-state index contributed by atoms with van der Waals surface area (Å²) >= 11 is 6.23. The lowest BCUT2D eigenvalue weighted by Crippen LogP contribution is -2.32. The van der Waals surface area contributed by atoms with E-state index < -0.39 is 0 Å². The molecule has 1 aromatic carbocycles. The molecule has 0 saturated carbocycles. The molecule has 0 atom stereocenters. The van der Waals surface area contributed by atoms with Gasteiger partial charge in [-0.2, -0.15) is 0 Å². The number of benzene rings is 1. The highest BCUT2D eigenvalue weighted by atomic mass is 35.5. The largest absolute Gasteiger partial charge is 0.396 e. The first kappa shape index (κ1) is 15.0. The van der Waals surface area contributed by atoms with Crippen LogP contribution in [0.3, 0.4) is 0 Å². The van der Waals surface area contributed by atoms with Crippen LogP contribution in [-0.2, 0) is 0 Å². The van der Waals surface area contributed by atoms with Crippen LogP contribution in [0.15, 0.2) is 18.2 Å². The first-order valence-electron chi connectivity index (χ1n) is 6.15. The highest BCUT2D eigenvalue weighted by molar-refractivity contribution is 6.33. The number of hydrogen-bond donors (Lipinski definition) is 1. The second kappa shape index (κ2) is 6.76. The van der Waals surface area contributed by atoms with Crippen molar-refractivity contribution < 1.29 is 9.90 Å². The molecular formula is C14H20ClNO2. The molecule has 0 heterocycles. The molecule has 0 aliphatic heterocycles. The van der Waals surface area contributed by atoms with Gasteiger partial charge in [-0.1, -0.05) is 11.6 Å². The van der Waals surface area contributed by atoms with E-state index in [9.17, 15) is 4.79 Å². The summed E-state index contributed by atoms with van der Waals surface area (Å²) in [6.07, 6.45) is 0.697. The van der Waals surface area contributed by atoms with Gasteiger partial charge in [0.15, 0.2) is 5.78 Å². The average Bonchev–Trinajstić information content (AvgIpc) is 2.30. The maximum absolute atomic E-state index is 11.3. The molecule has 0 fully saturated rings. The number of hydrogen-bond acceptors (Lipinski definition) is 3. The van der Waals surface area contributed by atoms with Gasteiger partial charge in [0.2, 0.25) is 0 Å². The molecule has 1 N–H and O–H groups in total. The Labute approximate surface area is 113 Å². The zero-order valence-corrected chi connectivity index (χ0v) is 11.9. The Balaban J connectivity index is 3.01. The Morgan fingerprint density at radius 1 is 1.44 bits per heavy atom. The molecule has 0 radical (unpaired) electrons. The summed E-state index contributed by atoms with van der Waals surface area (Å²) in [5, 5.41) is 9.50. The van der Waals surface area contributed by atoms with E-state index in [1.54, 1.807) is 12.1 Å². The zero-order chi connectivity index (χ0) is 13.7. The van der Waals surface area contributed by atoms with Crippen molar-refractivity contribution in [1.82, 2.24) is 0 Å². The minimum Gasteiger partial charge on any atom is -0.396 e. The summed E-state index contributed by atoms with van der Waals surface area (Å²) in [6.45, 7) is 6.58. The first-order valence-corrected chi connectivity index (χ1v) is 6.53. The monoisotopic (exact) mass is 269 g/mol. The van der Waals surface area contributed by atoms with Crippen LogP contribution in [0.4, 0.5) is 5.69 Å². The lowest BCUT2D eigenvalue weighted by Gasteiger charge is -2.29. The van der Waals surface area contributed by atoms with Gasteiger partial charge in [-0.15, -0.1) is 0 Å². The molecule has 0 unspecified atom stereocenters. The number of Topliss-reactive ketones (excluding diaryl/α,β-unsaturated/α-hetero) is 1. The number of ketones is 1. The Bertz CT molecular complexity index is 418. The highest BCUT2D eigenvalue weighted by Crippen LogP contribution is 2.28. The number of carbonyl (C=O) groups excluding carboxylic acids is 1. The fourth-order valence-corrected chi connectivity index (χ4v) is 2.15. The lowest BCUT2D eigenvalue weighted by molar-refractivity contribution is 0.101. The molecule has 0 aromatic heterocycles. The van der Waals surface area contributed by atoms with Crippen molar-refractivity contribution in [3.8, 4) is 0 Å². The maximum Gasteiger partial charge on any atom is 0.159 e. The van der Waals surface area contributed by atoms with Gasteiger partial charge in [-0.25, -0.2) is 0 Å². The van der Waals surface area contributed by atoms with Crippen molar-refractivity contribution in [3.05, 3.63) is 28.8 Å². The predicted molar refractivity (Wildman–Crippen MR) is 75.6 cm³/mol. The van der Waals surface area contributed by atoms with Crippen LogP contribution in [-0.4, -0.2) is 30.1 Å². The van der Waals surface area contributed by atoms with Crippen LogP contribution < -0.4 is 4.90 Å². The van der Waals surface area contributed by atoms with E-state index in [1.807, 2.05) is 6.07 Å². The Kier molecular flexibility index (Phi) is 5.63. The fraction of sp³-hybridized carbons (Fsp3) is 0.500. The van der Waals surface area contributed by atoms with Crippen LogP contribution in [0, 0.1) is 0 Å². The van der Waals surface area contributed by atoms with Gasteiger partial charge in [-0.3, -0.25) is 4.79 Å². The SMILES string of the molecule is CC(=O)c1ccc(N(CCCO)C(C)C)c(Cl)c1. The van der Waals surface area contributed by atoms with Gasteiger partial charge in [0.1, 0.15) is 0 Å². The summed E-state index contributed by atoms with van der Waals surface area (Å²) in [6, 6.07) is 5.65. The maximum atomic E-state index is 11.3. The zero-order valence-electron chi connectivity index (χ0n) is 11.1. The van der Waals surface area contributed by atoms with E-state index in [0.717, 1.165) is 12.2 Å². The molecule has 4 heteroatoms. The van der Waals surface area contributed by atoms with Gasteiger partial charge in [-0.05, 0) is 45.4 Å². The van der Waals surface area contributed by atoms with Crippen LogP contribution in [0.5, 0.6) is 0 Å². The number of rotatable bonds is 6. The Hall–Kier alpha value is -1.06. The van der Waals surface area contributed by atoms with Crippen molar-refractivity contribution in [2.75, 3.05) is 18.1 Å². The molecule has 18 heavy (non-hydrogen) atoms. The summed E-state index contributed by atoms with van der Waals surface area (Å²) in [5.74, 6) is 0.00917. The number of halogens is 1. The minimum absolute atomic E-state index is 0.00917. The van der Waals surface area contributed by atoms with Crippen molar-refractivity contribution in [2.24, 2.45) is 0 Å². The molecule has 1 rings (SSSR count). The summed E-state index contributed by atoms with van der Waals surface area (Å²) in [7, 11) is 0. The molecule has 0 saturated heterocycles. The van der Waals surface area contributed by atoms with Gasteiger partial charge in [0.25, 0.3) is 0 Å². The van der Waals surface area contributed by atoms with Crippen molar-refractivity contribution in [3.63, 3.8) is 0 Å². The third-order valence-corrected chi connectivity index (χ3v) is 3.15. The first-order chi connectivity index (χ1) is 8.47. The van der Waals surface area contributed by atoms with Crippen LogP contribution >= 0.6 is 11.6 Å². The molecule has 0 spiro atoms. The van der Waals surface area contributed by atoms with Gasteiger partial charge in [0.05, 0.1) is 10.7 Å². The van der Waals surface area contributed by atoms with Gasteiger partial charge >= 0.3 is 0 Å². The molecule has 0 amide bonds. The standard InChI is InChI=1S/C14H20ClNO2/c1-10(2)16(7-4-8-17)14-6-5-12(11(3)18)9-13(14)15/h5-6,9-10,17H,4,7-8H2,1-3H3. The van der Waals surface area contributed by atoms with Crippen LogP contribution in [0.1, 0.15) is 37.6 Å². The number of aliphatic hydroxyl groups is 1. The number of aliphatic hydroxyl groups excluding tert-OH is 1. The summed E-state index contributed by atoms with van der Waals surface area (Å²) < 4.78 is 0. The predicted octanol–water partition coefficient (Wildman–Crippen LogP) is 3.14. The van der Waals surface area contributed by atoms with Gasteiger partial charge in [0, 0.05) is 24.8 Å². The molecule has 0 aliphatic rings. The quantitative estimate of drug-likeness (QED) is 0.807. The summed E-state index contributed by atoms with van der Waals surface area (Å²) in [4.78, 5) is 13.4. The molecule has 100 valence electrons. The fourth-order valence-electron chi connectivity index (χ4n) is 1.86. The molecular weight excluding hydrogens is 250 g/mol. The Morgan fingerprint density at radius 2 is 2.11 bits per heavy atom. The number of carbonyl (C=O) groups is 1. The van der Waals surface area contributed by atoms with Crippen molar-refractivity contribution >= 4 is 23.1 Å². The normalized spacial score (nSPS) is 10.8. The van der Waals surface area contributed by atoms with E-state index >= 15 is 0 Å². The van der Waals surface area contributed by atoms with E-state index in [1.165, 1.54) is 6.92 Å². The van der Waals surface area contributed by atoms with E-state index in [0.29, 0.717) is 17.0 Å². The molecule has 0 aliphatic carbocycles. The number of anilines is 1. The van der Waals surface area contributed by atoms with E-state index in [2.05, 4.69) is 18.7 Å². The average molecular weight is 270 g/mol. The third kappa shape index (κ3) is 3.72. The van der Waals surface area contributed by atoms with Crippen molar-refractivity contribution in [1.29, 1.82) is 0 Å². The second-order valence-electron chi connectivity index (χ2n) is 4.59. The van der Waals surface area contributed by atoms with Crippen molar-refractivity contribution in [2.45, 2.75) is 33.2 Å². The minimum atomic E-state index is 0.00917. The second-order valence-corrected chi connectivity index (χ2v) is 4.99. The molecule has 0 bridgehead atoms. The van der Waals surface area contributed by atoms with Crippen LogP contribution in [0.2, 0.25) is 5.02 Å². The van der Waals surface area contributed by atoms with E-state index in [4.69, 9.17) is 16.7 Å². The third-order valence-electron chi connectivity index (χ3n) is 2.84. The molecule has 1 aromatic rings. The highest BCUT2D eigenvalue weighted by Gasteiger charge is 2.14. The van der Waals surface area contributed by atoms with Gasteiger partial charge < -0.3 is 10.0 Å². The smallest absolute Gasteiger partial charge is 0.159 e. The Morgan fingerprint density at radius 3 is 2.56 bits per heavy atom. The van der Waals surface area contributed by atoms with E-state index in [-0.39, 0.29) is 18.4 Å². The topological polar surface area (TPSA) is 40.5 Å². The summed E-state index contributed by atoms with van der Waals surface area (Å²) in [5.41, 5.74) is 1.53. The van der Waals surface area contributed by atoms with Crippen LogP contribution in [0.25, 0.3) is 0 Å². The lowest BCUT2D eigenvalue weighted by atomic mass is 10.1. The molecule has 3 nitrogen and oxygen atoms in total. The number of nitrogens with zero attached hydrogens (tertiary/aromatic N) is 1.